The number of hydrogen-bond donors (Lipinski definition) is 3. The number of carbonyl (C=O) groups excluding carboxylic acids is 1. The van der Waals surface area contributed by atoms with E-state index in [1.807, 2.05) is 6.92 Å². The number of imidazole rings is 1. The molecular weight excluding hydrogens is 278 g/mol. The van der Waals surface area contributed by atoms with E-state index < -0.39 is 0 Å². The van der Waals surface area contributed by atoms with E-state index in [0.717, 1.165) is 16.9 Å². The number of benzene rings is 1. The molecule has 2 aromatic heterocycles. The van der Waals surface area contributed by atoms with Crippen molar-refractivity contribution < 1.29 is 4.79 Å². The number of H-pyrrole nitrogens is 2. The zero-order valence-corrected chi connectivity index (χ0v) is 12.9. The summed E-state index contributed by atoms with van der Waals surface area (Å²) < 4.78 is 0. The van der Waals surface area contributed by atoms with Crippen LogP contribution in [0.5, 0.6) is 0 Å². The number of anilines is 1. The number of fused-ring (bicyclic) bond motifs is 1. The Bertz CT molecular complexity index is 764. The molecule has 3 aromatic rings. The Labute approximate surface area is 128 Å². The number of aryl methyl sites for hydroxylation is 2. The van der Waals surface area contributed by atoms with Crippen LogP contribution < -0.4 is 5.32 Å². The van der Waals surface area contributed by atoms with Crippen molar-refractivity contribution in [2.24, 2.45) is 5.92 Å². The summed E-state index contributed by atoms with van der Waals surface area (Å²) in [6, 6.07) is 4.16. The first-order valence-electron chi connectivity index (χ1n) is 7.28. The molecule has 3 rings (SSSR count). The lowest BCUT2D eigenvalue weighted by Gasteiger charge is -2.09. The second-order valence-corrected chi connectivity index (χ2v) is 5.72. The Hall–Kier alpha value is -2.63. The van der Waals surface area contributed by atoms with Gasteiger partial charge < -0.3 is 10.3 Å². The minimum absolute atomic E-state index is 0.0470. The van der Waals surface area contributed by atoms with Crippen LogP contribution in [0.2, 0.25) is 0 Å². The normalized spacial score (nSPS) is 12.5. The second kappa shape index (κ2) is 5.63. The predicted molar refractivity (Wildman–Crippen MR) is 85.7 cm³/mol. The first kappa shape index (κ1) is 14.3. The van der Waals surface area contributed by atoms with Gasteiger partial charge in [0, 0.05) is 18.5 Å². The summed E-state index contributed by atoms with van der Waals surface area (Å²) in [4.78, 5) is 20.0. The third-order valence-corrected chi connectivity index (χ3v) is 3.86. The van der Waals surface area contributed by atoms with Crippen molar-refractivity contribution in [1.82, 2.24) is 20.2 Å². The molecule has 0 spiro atoms. The maximum absolute atomic E-state index is 12.1. The molecule has 3 N–H and O–H groups in total. The van der Waals surface area contributed by atoms with Crippen LogP contribution in [0.3, 0.4) is 0 Å². The van der Waals surface area contributed by atoms with Crippen LogP contribution in [0, 0.1) is 19.8 Å². The first-order chi connectivity index (χ1) is 10.5. The highest BCUT2D eigenvalue weighted by Gasteiger charge is 2.16. The summed E-state index contributed by atoms with van der Waals surface area (Å²) >= 11 is 0. The quantitative estimate of drug-likeness (QED) is 0.692. The SMILES string of the molecule is Cc1cc2nc(CC(C)C(=O)Nc3cn[nH]c3)[nH]c2cc1C. The first-order valence-corrected chi connectivity index (χ1v) is 7.28. The van der Waals surface area contributed by atoms with Crippen LogP contribution >= 0.6 is 0 Å². The third-order valence-electron chi connectivity index (χ3n) is 3.86. The van der Waals surface area contributed by atoms with Gasteiger partial charge in [-0.05, 0) is 37.1 Å². The van der Waals surface area contributed by atoms with Crippen LogP contribution in [-0.4, -0.2) is 26.1 Å². The zero-order chi connectivity index (χ0) is 15.7. The molecule has 0 saturated carbocycles. The van der Waals surface area contributed by atoms with Gasteiger partial charge in [-0.2, -0.15) is 5.10 Å². The van der Waals surface area contributed by atoms with Crippen LogP contribution in [0.15, 0.2) is 24.5 Å². The monoisotopic (exact) mass is 297 g/mol. The Morgan fingerprint density at radius 2 is 2.09 bits per heavy atom. The van der Waals surface area contributed by atoms with E-state index >= 15 is 0 Å². The van der Waals surface area contributed by atoms with Gasteiger partial charge in [-0.15, -0.1) is 0 Å². The van der Waals surface area contributed by atoms with E-state index in [9.17, 15) is 4.79 Å². The van der Waals surface area contributed by atoms with Gasteiger partial charge in [-0.25, -0.2) is 4.98 Å². The Balaban J connectivity index is 1.73. The summed E-state index contributed by atoms with van der Waals surface area (Å²) in [5, 5.41) is 9.29. The van der Waals surface area contributed by atoms with Crippen LogP contribution in [0.25, 0.3) is 11.0 Å². The number of aromatic nitrogens is 4. The molecule has 1 aromatic carbocycles. The highest BCUT2D eigenvalue weighted by molar-refractivity contribution is 5.92. The molecule has 0 radical (unpaired) electrons. The van der Waals surface area contributed by atoms with Crippen molar-refractivity contribution in [2.45, 2.75) is 27.2 Å². The van der Waals surface area contributed by atoms with Crippen molar-refractivity contribution in [1.29, 1.82) is 0 Å². The molecule has 2 heterocycles. The zero-order valence-electron chi connectivity index (χ0n) is 12.9. The molecule has 0 fully saturated rings. The predicted octanol–water partition coefficient (Wildman–Crippen LogP) is 2.72. The lowest BCUT2D eigenvalue weighted by Crippen LogP contribution is -2.22. The van der Waals surface area contributed by atoms with Gasteiger partial charge in [0.05, 0.1) is 22.9 Å². The number of nitrogens with one attached hydrogen (secondary N) is 3. The number of hydrogen-bond acceptors (Lipinski definition) is 3. The Kier molecular flexibility index (Phi) is 3.66. The van der Waals surface area contributed by atoms with Crippen molar-refractivity contribution in [3.8, 4) is 0 Å². The van der Waals surface area contributed by atoms with Crippen LogP contribution in [-0.2, 0) is 11.2 Å². The van der Waals surface area contributed by atoms with Gasteiger partial charge in [0.25, 0.3) is 0 Å². The highest BCUT2D eigenvalue weighted by atomic mass is 16.1. The third kappa shape index (κ3) is 2.86. The van der Waals surface area contributed by atoms with Gasteiger partial charge in [-0.1, -0.05) is 6.92 Å². The summed E-state index contributed by atoms with van der Waals surface area (Å²) in [6.07, 6.45) is 3.80. The molecule has 22 heavy (non-hydrogen) atoms. The van der Waals surface area contributed by atoms with Crippen molar-refractivity contribution >= 4 is 22.6 Å². The molecule has 0 aliphatic rings. The smallest absolute Gasteiger partial charge is 0.227 e. The average Bonchev–Trinajstić information content (AvgIpc) is 3.09. The molecule has 1 amide bonds. The van der Waals surface area contributed by atoms with Crippen molar-refractivity contribution in [2.75, 3.05) is 5.32 Å². The van der Waals surface area contributed by atoms with Gasteiger partial charge in [-0.3, -0.25) is 9.89 Å². The number of carbonyl (C=O) groups is 1. The van der Waals surface area contributed by atoms with Crippen molar-refractivity contribution in [3.05, 3.63) is 41.5 Å². The summed E-state index contributed by atoms with van der Waals surface area (Å²) in [5.74, 6) is 0.599. The average molecular weight is 297 g/mol. The molecule has 0 aliphatic heterocycles. The number of nitrogens with zero attached hydrogens (tertiary/aromatic N) is 2. The molecule has 0 saturated heterocycles. The topological polar surface area (TPSA) is 86.5 Å². The molecule has 6 heteroatoms. The maximum Gasteiger partial charge on any atom is 0.227 e. The molecule has 1 atom stereocenters. The lowest BCUT2D eigenvalue weighted by atomic mass is 10.1. The van der Waals surface area contributed by atoms with E-state index in [2.05, 4.69) is 51.5 Å². The lowest BCUT2D eigenvalue weighted by molar-refractivity contribution is -0.119. The van der Waals surface area contributed by atoms with Gasteiger partial charge in [0.15, 0.2) is 0 Å². The number of rotatable bonds is 4. The maximum atomic E-state index is 12.1. The van der Waals surface area contributed by atoms with E-state index in [-0.39, 0.29) is 11.8 Å². The molecule has 0 bridgehead atoms. The summed E-state index contributed by atoms with van der Waals surface area (Å²) in [6.45, 7) is 6.04. The highest BCUT2D eigenvalue weighted by Crippen LogP contribution is 2.19. The Morgan fingerprint density at radius 3 is 2.82 bits per heavy atom. The Morgan fingerprint density at radius 1 is 1.32 bits per heavy atom. The summed E-state index contributed by atoms with van der Waals surface area (Å²) in [7, 11) is 0. The van der Waals surface area contributed by atoms with E-state index in [4.69, 9.17) is 0 Å². The second-order valence-electron chi connectivity index (χ2n) is 5.72. The van der Waals surface area contributed by atoms with Gasteiger partial charge in [0.1, 0.15) is 5.82 Å². The van der Waals surface area contributed by atoms with Gasteiger partial charge in [0.2, 0.25) is 5.91 Å². The molecule has 6 nitrogen and oxygen atoms in total. The van der Waals surface area contributed by atoms with Crippen LogP contribution in [0.1, 0.15) is 23.9 Å². The summed E-state index contributed by atoms with van der Waals surface area (Å²) in [5.41, 5.74) is 5.08. The van der Waals surface area contributed by atoms with Gasteiger partial charge >= 0.3 is 0 Å². The fourth-order valence-electron chi connectivity index (χ4n) is 2.39. The minimum atomic E-state index is -0.183. The van der Waals surface area contributed by atoms with E-state index in [0.29, 0.717) is 12.1 Å². The van der Waals surface area contributed by atoms with Crippen LogP contribution in [0.4, 0.5) is 5.69 Å². The number of amides is 1. The minimum Gasteiger partial charge on any atom is -0.342 e. The fourth-order valence-corrected chi connectivity index (χ4v) is 2.39. The van der Waals surface area contributed by atoms with E-state index in [1.54, 1.807) is 12.4 Å². The fraction of sp³-hybridized carbons (Fsp3) is 0.312. The number of aromatic amines is 2. The molecule has 0 aliphatic carbocycles. The van der Waals surface area contributed by atoms with E-state index in [1.165, 1.54) is 11.1 Å². The standard InChI is InChI=1S/C16H19N5O/c1-9-4-13-14(5-10(9)2)21-15(20-13)6-11(3)16(22)19-12-7-17-18-8-12/h4-5,7-8,11H,6H2,1-3H3,(H,17,18)(H,19,22)(H,20,21). The largest absolute Gasteiger partial charge is 0.342 e. The molecular formula is C16H19N5O. The van der Waals surface area contributed by atoms with Crippen molar-refractivity contribution in [3.63, 3.8) is 0 Å². The molecule has 114 valence electrons. The molecule has 1 unspecified atom stereocenters.